The number of carbonyl (C=O) groups is 1. The lowest BCUT2D eigenvalue weighted by Crippen LogP contribution is -2.52. The minimum absolute atomic E-state index is 0.124. The molecule has 0 saturated heterocycles. The fourth-order valence-corrected chi connectivity index (χ4v) is 3.98. The minimum Gasteiger partial charge on any atom is -0.327 e. The van der Waals surface area contributed by atoms with Crippen molar-refractivity contribution in [2.45, 2.75) is 38.9 Å². The van der Waals surface area contributed by atoms with Crippen molar-refractivity contribution < 1.29 is 22.4 Å². The second-order valence-corrected chi connectivity index (χ2v) is 7.33. The summed E-state index contributed by atoms with van der Waals surface area (Å²) >= 11 is 0. The van der Waals surface area contributed by atoms with E-state index >= 15 is 4.39 Å². The normalized spacial score (nSPS) is 18.7. The number of hydrogen-bond donors (Lipinski definition) is 0. The van der Waals surface area contributed by atoms with Crippen molar-refractivity contribution in [2.24, 2.45) is 0 Å². The molecule has 1 amide bonds. The Bertz CT molecular complexity index is 1180. The topological polar surface area (TPSA) is 89.7 Å². The van der Waals surface area contributed by atoms with Gasteiger partial charge in [-0.25, -0.2) is 19.3 Å². The minimum atomic E-state index is -4.99. The lowest BCUT2D eigenvalue weighted by Gasteiger charge is -2.43. The van der Waals surface area contributed by atoms with Gasteiger partial charge in [0.05, 0.1) is 5.69 Å². The van der Waals surface area contributed by atoms with Gasteiger partial charge in [-0.15, -0.1) is 5.10 Å². The van der Waals surface area contributed by atoms with E-state index in [1.165, 1.54) is 29.8 Å². The van der Waals surface area contributed by atoms with E-state index in [0.29, 0.717) is 23.6 Å². The van der Waals surface area contributed by atoms with Crippen molar-refractivity contribution in [3.63, 3.8) is 0 Å². The molecular weight excluding hydrogens is 418 g/mol. The summed E-state index contributed by atoms with van der Waals surface area (Å²) in [5, 5.41) is 8.25. The van der Waals surface area contributed by atoms with Crippen LogP contribution in [0.4, 0.5) is 17.6 Å². The highest BCUT2D eigenvalue weighted by atomic mass is 19.4. The van der Waals surface area contributed by atoms with E-state index in [1.54, 1.807) is 13.0 Å². The quantitative estimate of drug-likeness (QED) is 0.575. The molecule has 0 radical (unpaired) electrons. The number of alkyl halides is 3. The van der Waals surface area contributed by atoms with E-state index < -0.39 is 29.1 Å². The lowest BCUT2D eigenvalue weighted by molar-refractivity contribution is -0.144. The predicted octanol–water partition coefficient (Wildman–Crippen LogP) is 2.59. The number of rotatable bonds is 2. The summed E-state index contributed by atoms with van der Waals surface area (Å²) in [5.41, 5.74) is -2.29. The summed E-state index contributed by atoms with van der Waals surface area (Å²) in [6.45, 7) is 4.61. The monoisotopic (exact) mass is 435 g/mol. The smallest absolute Gasteiger partial charge is 0.327 e. The van der Waals surface area contributed by atoms with E-state index in [0.717, 1.165) is 12.3 Å². The van der Waals surface area contributed by atoms with Gasteiger partial charge in [0.25, 0.3) is 0 Å². The number of pyridine rings is 1. The van der Waals surface area contributed by atoms with Gasteiger partial charge < -0.3 is 4.90 Å². The van der Waals surface area contributed by atoms with Gasteiger partial charge >= 0.3 is 6.18 Å². The fourth-order valence-electron chi connectivity index (χ4n) is 3.98. The maximum Gasteiger partial charge on any atom is 0.436 e. The van der Waals surface area contributed by atoms with Crippen LogP contribution >= 0.6 is 0 Å². The number of halogens is 4. The lowest BCUT2D eigenvalue weighted by atomic mass is 9.81. The predicted molar refractivity (Wildman–Crippen MR) is 98.4 cm³/mol. The average Bonchev–Trinajstić information content (AvgIpc) is 3.12. The first-order valence-electron chi connectivity index (χ1n) is 9.29. The third-order valence-electron chi connectivity index (χ3n) is 5.40. The molecule has 8 nitrogen and oxygen atoms in total. The Balaban J connectivity index is 1.96. The summed E-state index contributed by atoms with van der Waals surface area (Å²) in [7, 11) is 0. The molecule has 1 aliphatic heterocycles. The molecule has 0 saturated carbocycles. The molecule has 31 heavy (non-hydrogen) atoms. The fraction of sp³-hybridized carbons (Fsp3) is 0.368. The summed E-state index contributed by atoms with van der Waals surface area (Å²) < 4.78 is 56.5. The molecule has 0 spiro atoms. The molecule has 12 heteroatoms. The number of hydrogen-bond acceptors (Lipinski definition) is 6. The number of amides is 1. The maximum atomic E-state index is 15.1. The first-order valence-corrected chi connectivity index (χ1v) is 9.29. The van der Waals surface area contributed by atoms with Crippen LogP contribution in [0.1, 0.15) is 42.2 Å². The third-order valence-corrected chi connectivity index (χ3v) is 5.40. The Kier molecular flexibility index (Phi) is 4.74. The molecule has 0 fully saturated rings. The molecule has 162 valence electrons. The summed E-state index contributed by atoms with van der Waals surface area (Å²) in [5.74, 6) is -1.58. The molecule has 1 aliphatic rings. The Morgan fingerprint density at radius 1 is 1.23 bits per heavy atom. The molecule has 1 unspecified atom stereocenters. The van der Waals surface area contributed by atoms with Crippen molar-refractivity contribution >= 4 is 5.91 Å². The number of aromatic nitrogens is 6. The molecule has 3 aromatic heterocycles. The van der Waals surface area contributed by atoms with E-state index in [2.05, 4.69) is 25.3 Å². The van der Waals surface area contributed by atoms with E-state index in [-0.39, 0.29) is 17.8 Å². The summed E-state index contributed by atoms with van der Waals surface area (Å²) in [4.78, 5) is 25.0. The zero-order chi connectivity index (χ0) is 22.6. The van der Waals surface area contributed by atoms with Gasteiger partial charge in [-0.2, -0.15) is 17.9 Å². The maximum absolute atomic E-state index is 15.1. The van der Waals surface area contributed by atoms with Crippen LogP contribution in [0.25, 0.3) is 5.82 Å². The molecule has 0 aromatic carbocycles. The summed E-state index contributed by atoms with van der Waals surface area (Å²) in [6, 6.07) is 2.79. The average molecular weight is 435 g/mol. The molecule has 0 bridgehead atoms. The Morgan fingerprint density at radius 2 is 1.97 bits per heavy atom. The highest BCUT2D eigenvalue weighted by molar-refractivity contribution is 5.76. The number of fused-ring (bicyclic) bond motifs is 1. The number of nitrogens with zero attached hydrogens (tertiary/aromatic N) is 7. The summed E-state index contributed by atoms with van der Waals surface area (Å²) in [6.07, 6.45) is -2.47. The Hall–Kier alpha value is -3.44. The molecule has 3 aromatic rings. The number of aryl methyl sites for hydroxylation is 1. The molecular formula is C19H17F4N7O. The standard InChI is InChI=1S/C19H17F4N7O/c1-10-8-14(26-9-25-10)30-13-5-7-29(11(2)31)18(3,16(13)27-28-30)12-4-6-24-17(15(12)20)19(21,22)23/h4,6,8-9H,5,7H2,1-3H3. The van der Waals surface area contributed by atoms with Gasteiger partial charge in [0.2, 0.25) is 5.91 Å². The van der Waals surface area contributed by atoms with Crippen LogP contribution in [0.3, 0.4) is 0 Å². The van der Waals surface area contributed by atoms with Crippen LogP contribution in [0.5, 0.6) is 0 Å². The highest BCUT2D eigenvalue weighted by Crippen LogP contribution is 2.43. The largest absolute Gasteiger partial charge is 0.436 e. The zero-order valence-corrected chi connectivity index (χ0v) is 16.8. The van der Waals surface area contributed by atoms with Crippen LogP contribution in [-0.2, 0) is 22.9 Å². The van der Waals surface area contributed by atoms with E-state index in [1.807, 2.05) is 0 Å². The highest BCUT2D eigenvalue weighted by Gasteiger charge is 2.49. The van der Waals surface area contributed by atoms with E-state index in [4.69, 9.17) is 0 Å². The second kappa shape index (κ2) is 7.06. The van der Waals surface area contributed by atoms with Gasteiger partial charge in [-0.3, -0.25) is 4.79 Å². The van der Waals surface area contributed by atoms with Crippen LogP contribution in [0.15, 0.2) is 24.7 Å². The van der Waals surface area contributed by atoms with Crippen LogP contribution < -0.4 is 0 Å². The molecule has 0 N–H and O–H groups in total. The van der Waals surface area contributed by atoms with Gasteiger partial charge in [0, 0.05) is 43.4 Å². The van der Waals surface area contributed by atoms with Crippen LogP contribution in [-0.4, -0.2) is 47.3 Å². The van der Waals surface area contributed by atoms with Crippen molar-refractivity contribution in [3.05, 3.63) is 58.8 Å². The second-order valence-electron chi connectivity index (χ2n) is 7.33. The Labute approximate surface area is 173 Å². The van der Waals surface area contributed by atoms with Crippen molar-refractivity contribution in [2.75, 3.05) is 6.54 Å². The molecule has 1 atom stereocenters. The van der Waals surface area contributed by atoms with Crippen LogP contribution in [0.2, 0.25) is 0 Å². The zero-order valence-electron chi connectivity index (χ0n) is 16.8. The van der Waals surface area contributed by atoms with Gasteiger partial charge in [-0.1, -0.05) is 5.21 Å². The van der Waals surface area contributed by atoms with Crippen molar-refractivity contribution in [3.8, 4) is 5.82 Å². The van der Waals surface area contributed by atoms with Gasteiger partial charge in [0.1, 0.15) is 17.6 Å². The Morgan fingerprint density at radius 3 is 2.61 bits per heavy atom. The van der Waals surface area contributed by atoms with E-state index in [9.17, 15) is 18.0 Å². The van der Waals surface area contributed by atoms with Gasteiger partial charge in [-0.05, 0) is 19.9 Å². The molecule has 4 heterocycles. The third kappa shape index (κ3) is 3.22. The van der Waals surface area contributed by atoms with Crippen molar-refractivity contribution in [1.82, 2.24) is 34.8 Å². The SMILES string of the molecule is CC(=O)N1CCc2c(nnn2-c2cc(C)ncn2)C1(C)c1ccnc(C(F)(F)F)c1F. The van der Waals surface area contributed by atoms with Crippen LogP contribution in [0, 0.1) is 12.7 Å². The first kappa shape index (κ1) is 20.8. The number of carbonyl (C=O) groups excluding carboxylic acids is 1. The first-order chi connectivity index (χ1) is 14.5. The van der Waals surface area contributed by atoms with Gasteiger partial charge in [0.15, 0.2) is 17.3 Å². The van der Waals surface area contributed by atoms with Crippen molar-refractivity contribution in [1.29, 1.82) is 0 Å². The molecule has 0 aliphatic carbocycles. The molecule has 4 rings (SSSR count).